The number of amides is 1. The Balaban J connectivity index is 2.59. The molecular formula is C36H54N2O4Si. The first-order valence-electron chi connectivity index (χ1n) is 15.6. The fourth-order valence-electron chi connectivity index (χ4n) is 4.77. The van der Waals surface area contributed by atoms with E-state index in [4.69, 9.17) is 9.16 Å². The van der Waals surface area contributed by atoms with E-state index in [1.807, 2.05) is 95.3 Å². The van der Waals surface area contributed by atoms with Gasteiger partial charge in [0.15, 0.2) is 8.32 Å². The van der Waals surface area contributed by atoms with Crippen LogP contribution in [0, 0.1) is 29.1 Å². The summed E-state index contributed by atoms with van der Waals surface area (Å²) < 4.78 is 12.8. The second kappa shape index (κ2) is 15.7. The van der Waals surface area contributed by atoms with E-state index in [0.717, 1.165) is 11.1 Å². The lowest BCUT2D eigenvalue weighted by atomic mass is 9.82. The fourth-order valence-corrected chi connectivity index (χ4v) is 6.14. The van der Waals surface area contributed by atoms with E-state index in [2.05, 4.69) is 45.3 Å². The molecule has 1 amide bonds. The summed E-state index contributed by atoms with van der Waals surface area (Å²) in [7, 11) is -2.35. The average molecular weight is 607 g/mol. The zero-order chi connectivity index (χ0) is 32.4. The topological polar surface area (TPSA) is 88.4 Å². The van der Waals surface area contributed by atoms with Crippen LogP contribution in [-0.2, 0) is 26.8 Å². The molecule has 0 radical (unpaired) electrons. The van der Waals surface area contributed by atoms with Gasteiger partial charge in [-0.15, -0.1) is 0 Å². The number of carbonyl (C=O) groups excluding carboxylic acids is 2. The molecule has 6 nitrogen and oxygen atoms in total. The molecule has 2 rings (SSSR count). The van der Waals surface area contributed by atoms with Crippen molar-refractivity contribution in [2.24, 2.45) is 17.8 Å². The summed E-state index contributed by atoms with van der Waals surface area (Å²) in [5.74, 6) is -0.607. The normalized spacial score (nSPS) is 15.2. The van der Waals surface area contributed by atoms with Crippen molar-refractivity contribution in [3.63, 3.8) is 0 Å². The minimum absolute atomic E-state index is 0.0589. The van der Waals surface area contributed by atoms with Crippen molar-refractivity contribution in [2.75, 3.05) is 0 Å². The van der Waals surface area contributed by atoms with Crippen molar-refractivity contribution in [3.8, 4) is 6.07 Å². The average Bonchev–Trinajstić information content (AvgIpc) is 2.89. The third-order valence-corrected chi connectivity index (χ3v) is 12.9. The molecular weight excluding hydrogens is 552 g/mol. The smallest absolute Gasteiger partial charge is 0.407 e. The molecule has 0 aliphatic rings. The first-order valence-corrected chi connectivity index (χ1v) is 18.5. The highest BCUT2D eigenvalue weighted by atomic mass is 28.4. The van der Waals surface area contributed by atoms with Crippen LogP contribution in [0.1, 0.15) is 79.4 Å². The van der Waals surface area contributed by atoms with Gasteiger partial charge in [-0.25, -0.2) is 4.79 Å². The Kier molecular flexibility index (Phi) is 13.2. The van der Waals surface area contributed by atoms with Crippen molar-refractivity contribution in [3.05, 3.63) is 71.8 Å². The van der Waals surface area contributed by atoms with Crippen LogP contribution in [0.25, 0.3) is 0 Å². The first-order chi connectivity index (χ1) is 19.9. The van der Waals surface area contributed by atoms with E-state index in [1.165, 1.54) is 0 Å². The summed E-state index contributed by atoms with van der Waals surface area (Å²) in [6.07, 6.45) is 0.722. The molecule has 0 saturated heterocycles. The van der Waals surface area contributed by atoms with E-state index >= 15 is 0 Å². The maximum absolute atomic E-state index is 14.0. The van der Waals surface area contributed by atoms with Crippen LogP contribution in [0.2, 0.25) is 18.1 Å². The third kappa shape index (κ3) is 12.3. The number of hydrogen-bond acceptors (Lipinski definition) is 5. The maximum atomic E-state index is 14.0. The number of nitrogens with one attached hydrogen (secondary N) is 1. The van der Waals surface area contributed by atoms with Gasteiger partial charge < -0.3 is 14.5 Å². The van der Waals surface area contributed by atoms with Gasteiger partial charge in [-0.3, -0.25) is 4.79 Å². The number of Topliss-reactive ketones (excluding diaryl/α,β-unsaturated/α-hetero) is 1. The Hall–Kier alpha value is -2.95. The van der Waals surface area contributed by atoms with Gasteiger partial charge >= 0.3 is 6.09 Å². The molecule has 0 aromatic heterocycles. The highest BCUT2D eigenvalue weighted by molar-refractivity contribution is 6.74. The Bertz CT molecular complexity index is 1190. The molecule has 0 heterocycles. The van der Waals surface area contributed by atoms with Crippen LogP contribution in [0.3, 0.4) is 0 Å². The molecule has 43 heavy (non-hydrogen) atoms. The summed E-state index contributed by atoms with van der Waals surface area (Å²) in [5.41, 5.74) is 1.46. The number of rotatable bonds is 14. The lowest BCUT2D eigenvalue weighted by Crippen LogP contribution is -2.54. The maximum Gasteiger partial charge on any atom is 0.407 e. The largest absolute Gasteiger partial charge is 0.444 e. The van der Waals surface area contributed by atoms with Gasteiger partial charge in [-0.1, -0.05) is 95.3 Å². The lowest BCUT2D eigenvalue weighted by Gasteiger charge is -2.42. The quantitative estimate of drug-likeness (QED) is 0.218. The molecule has 0 aliphatic carbocycles. The van der Waals surface area contributed by atoms with Gasteiger partial charge in [0, 0.05) is 12.3 Å². The highest BCUT2D eigenvalue weighted by Gasteiger charge is 2.42. The number of benzene rings is 2. The summed E-state index contributed by atoms with van der Waals surface area (Å²) >= 11 is 0. The van der Waals surface area contributed by atoms with E-state index in [9.17, 15) is 14.9 Å². The Labute approximate surface area is 261 Å². The van der Waals surface area contributed by atoms with Crippen LogP contribution >= 0.6 is 0 Å². The summed E-state index contributed by atoms with van der Waals surface area (Å²) in [6, 6.07) is 21.9. The number of hydrogen-bond donors (Lipinski definition) is 1. The molecule has 7 heteroatoms. The minimum Gasteiger partial charge on any atom is -0.444 e. The van der Waals surface area contributed by atoms with Crippen molar-refractivity contribution in [1.82, 2.24) is 5.32 Å². The van der Waals surface area contributed by atoms with Gasteiger partial charge in [0.25, 0.3) is 0 Å². The van der Waals surface area contributed by atoms with Crippen molar-refractivity contribution < 1.29 is 18.8 Å². The third-order valence-electron chi connectivity index (χ3n) is 8.39. The first kappa shape index (κ1) is 36.2. The van der Waals surface area contributed by atoms with Crippen LogP contribution in [0.5, 0.6) is 0 Å². The number of ether oxygens (including phenoxy) is 1. The summed E-state index contributed by atoms with van der Waals surface area (Å²) in [4.78, 5) is 27.2. The molecule has 236 valence electrons. The van der Waals surface area contributed by atoms with Crippen LogP contribution in [0.4, 0.5) is 4.79 Å². The van der Waals surface area contributed by atoms with Crippen molar-refractivity contribution in [1.29, 1.82) is 5.26 Å². The van der Waals surface area contributed by atoms with E-state index in [-0.39, 0.29) is 35.0 Å². The van der Waals surface area contributed by atoms with Gasteiger partial charge in [0.05, 0.1) is 24.1 Å². The molecule has 0 saturated carbocycles. The van der Waals surface area contributed by atoms with Crippen molar-refractivity contribution in [2.45, 2.75) is 117 Å². The number of nitriles is 1. The lowest BCUT2D eigenvalue weighted by molar-refractivity contribution is -0.124. The second-order valence-electron chi connectivity index (χ2n) is 14.6. The molecule has 2 aromatic carbocycles. The summed E-state index contributed by atoms with van der Waals surface area (Å²) in [5, 5.41) is 12.9. The monoisotopic (exact) mass is 606 g/mol. The predicted octanol–water partition coefficient (Wildman–Crippen LogP) is 8.52. The second-order valence-corrected chi connectivity index (χ2v) is 19.4. The highest BCUT2D eigenvalue weighted by Crippen LogP contribution is 2.39. The molecule has 0 spiro atoms. The van der Waals surface area contributed by atoms with Crippen LogP contribution in [-0.4, -0.2) is 37.9 Å². The van der Waals surface area contributed by atoms with Gasteiger partial charge in [0.1, 0.15) is 11.4 Å². The minimum atomic E-state index is -2.35. The Morgan fingerprint density at radius 3 is 1.84 bits per heavy atom. The number of carbonyl (C=O) groups is 2. The SMILES string of the molecule is CC(C)C(C#N)CC(=O)[C@H](Cc1ccccc1)C[C@H](O[Si](C)(C)C(C)(C)C)[C@H](Cc1ccccc1)NC(=O)OC(C)(C)C. The van der Waals surface area contributed by atoms with Gasteiger partial charge in [0.2, 0.25) is 0 Å². The standard InChI is InChI=1S/C36H54N2O4Si/c1-26(2)30(25-37)23-32(39)29(21-27-17-13-11-14-18-27)24-33(42-43(9,10)36(6,7)8)31(22-28-19-15-12-16-20-28)38-34(40)41-35(3,4)5/h11-20,26,29-31,33H,21-24H2,1-10H3,(H,38,40)/t29-,30?,31+,33+/m1/s1. The van der Waals surface area contributed by atoms with E-state index < -0.39 is 32.2 Å². The molecule has 1 unspecified atom stereocenters. The molecule has 2 aromatic rings. The molecule has 4 atom stereocenters. The van der Waals surface area contributed by atoms with Crippen LogP contribution < -0.4 is 5.32 Å². The fraction of sp³-hybridized carbons (Fsp3) is 0.583. The summed E-state index contributed by atoms with van der Waals surface area (Å²) in [6.45, 7) is 20.5. The molecule has 0 aliphatic heterocycles. The van der Waals surface area contributed by atoms with E-state index in [0.29, 0.717) is 19.3 Å². The Morgan fingerprint density at radius 1 is 0.884 bits per heavy atom. The van der Waals surface area contributed by atoms with E-state index in [1.54, 1.807) is 0 Å². The predicted molar refractivity (Wildman–Crippen MR) is 177 cm³/mol. The Morgan fingerprint density at radius 2 is 1.40 bits per heavy atom. The zero-order valence-corrected chi connectivity index (χ0v) is 29.1. The molecule has 0 fully saturated rings. The number of alkyl carbamates (subject to hydrolysis) is 1. The van der Waals surface area contributed by atoms with Crippen molar-refractivity contribution >= 4 is 20.2 Å². The number of ketones is 1. The molecule has 1 N–H and O–H groups in total. The van der Waals surface area contributed by atoms with Crippen LogP contribution in [0.15, 0.2) is 60.7 Å². The van der Waals surface area contributed by atoms with Gasteiger partial charge in [-0.2, -0.15) is 5.26 Å². The zero-order valence-electron chi connectivity index (χ0n) is 28.1. The van der Waals surface area contributed by atoms with Gasteiger partial charge in [-0.05, 0) is 75.2 Å². The number of nitrogens with zero attached hydrogens (tertiary/aromatic N) is 1. The molecule has 0 bridgehead atoms.